The van der Waals surface area contributed by atoms with Gasteiger partial charge in [0.1, 0.15) is 0 Å². The molecule has 4 rings (SSSR count). The Balaban J connectivity index is 1.33. The summed E-state index contributed by atoms with van der Waals surface area (Å²) in [6, 6.07) is 15.4. The Bertz CT molecular complexity index is 937. The topological polar surface area (TPSA) is 63.7 Å². The van der Waals surface area contributed by atoms with Gasteiger partial charge in [-0.25, -0.2) is 0 Å². The molecule has 0 bridgehead atoms. The molecule has 1 heterocycles. The number of ether oxygens (including phenoxy) is 1. The van der Waals surface area contributed by atoms with Gasteiger partial charge in [0.05, 0.1) is 12.0 Å². The summed E-state index contributed by atoms with van der Waals surface area (Å²) in [5.74, 6) is -1.27. The second-order valence-corrected chi connectivity index (χ2v) is 7.90. The Morgan fingerprint density at radius 2 is 1.86 bits per heavy atom. The van der Waals surface area contributed by atoms with Crippen molar-refractivity contribution < 1.29 is 19.1 Å². The van der Waals surface area contributed by atoms with Crippen molar-refractivity contribution in [2.75, 3.05) is 13.2 Å². The Morgan fingerprint density at radius 1 is 1.10 bits per heavy atom. The van der Waals surface area contributed by atoms with Crippen molar-refractivity contribution in [2.24, 2.45) is 5.92 Å². The van der Waals surface area contributed by atoms with E-state index in [1.807, 2.05) is 55.5 Å². The average molecular weight is 391 g/mol. The standard InChI is InChI=1S/C24H25NO4/c1-16(17-6-3-2-4-7-17)25-14-21(13-23(25)27)24(28)29-15-22(26)20-11-10-18-8-5-9-19(18)12-20/h2-4,6-7,10-12,16,21H,5,8-9,13-15H2,1H3/t16-,21-/m0/s1. The first-order valence-electron chi connectivity index (χ1n) is 10.2. The monoisotopic (exact) mass is 391 g/mol. The van der Waals surface area contributed by atoms with Crippen LogP contribution in [-0.2, 0) is 27.2 Å². The summed E-state index contributed by atoms with van der Waals surface area (Å²) >= 11 is 0. The lowest BCUT2D eigenvalue weighted by atomic mass is 10.0. The number of esters is 1. The molecular weight excluding hydrogens is 366 g/mol. The normalized spacial score (nSPS) is 19.1. The van der Waals surface area contributed by atoms with E-state index >= 15 is 0 Å². The number of nitrogens with zero attached hydrogens (tertiary/aromatic N) is 1. The number of benzene rings is 2. The predicted octanol–water partition coefficient (Wildman–Crippen LogP) is 3.51. The van der Waals surface area contributed by atoms with Crippen molar-refractivity contribution in [3.63, 3.8) is 0 Å². The van der Waals surface area contributed by atoms with Gasteiger partial charge in [-0.3, -0.25) is 14.4 Å². The van der Waals surface area contributed by atoms with Gasteiger partial charge in [0, 0.05) is 18.5 Å². The fourth-order valence-corrected chi connectivity index (χ4v) is 4.26. The maximum Gasteiger partial charge on any atom is 0.311 e. The Kier molecular flexibility index (Phi) is 5.47. The molecule has 29 heavy (non-hydrogen) atoms. The summed E-state index contributed by atoms with van der Waals surface area (Å²) in [5, 5.41) is 0. The van der Waals surface area contributed by atoms with Gasteiger partial charge in [-0.15, -0.1) is 0 Å². The van der Waals surface area contributed by atoms with Crippen molar-refractivity contribution in [3.8, 4) is 0 Å². The molecule has 0 aromatic heterocycles. The van der Waals surface area contributed by atoms with Crippen LogP contribution in [0.2, 0.25) is 0 Å². The molecule has 0 spiro atoms. The van der Waals surface area contributed by atoms with Gasteiger partial charge in [-0.1, -0.05) is 42.5 Å². The highest BCUT2D eigenvalue weighted by Crippen LogP contribution is 2.29. The van der Waals surface area contributed by atoms with Gasteiger partial charge in [0.25, 0.3) is 0 Å². The third-order valence-corrected chi connectivity index (χ3v) is 6.01. The number of likely N-dealkylation sites (tertiary alicyclic amines) is 1. The maximum atomic E-state index is 12.5. The number of amides is 1. The number of ketones is 1. The van der Waals surface area contributed by atoms with Crippen LogP contribution in [0.25, 0.3) is 0 Å². The van der Waals surface area contributed by atoms with Gasteiger partial charge in [0.15, 0.2) is 12.4 Å². The molecule has 5 heteroatoms. The highest BCUT2D eigenvalue weighted by Gasteiger charge is 2.38. The number of hydrogen-bond donors (Lipinski definition) is 0. The highest BCUT2D eigenvalue weighted by molar-refractivity contribution is 5.98. The van der Waals surface area contributed by atoms with Gasteiger partial charge < -0.3 is 9.64 Å². The molecular formula is C24H25NO4. The molecule has 2 atom stereocenters. The van der Waals surface area contributed by atoms with Crippen LogP contribution < -0.4 is 0 Å². The van der Waals surface area contributed by atoms with Crippen LogP contribution in [-0.4, -0.2) is 35.7 Å². The average Bonchev–Trinajstić information content (AvgIpc) is 3.37. The third kappa shape index (κ3) is 4.09. The van der Waals surface area contributed by atoms with Crippen LogP contribution in [0.4, 0.5) is 0 Å². The molecule has 0 N–H and O–H groups in total. The first-order valence-corrected chi connectivity index (χ1v) is 10.2. The number of hydrogen-bond acceptors (Lipinski definition) is 4. The fraction of sp³-hybridized carbons (Fsp3) is 0.375. The lowest BCUT2D eigenvalue weighted by Crippen LogP contribution is -2.30. The summed E-state index contributed by atoms with van der Waals surface area (Å²) < 4.78 is 5.28. The van der Waals surface area contributed by atoms with E-state index in [1.165, 1.54) is 11.1 Å². The van der Waals surface area contributed by atoms with E-state index in [0.29, 0.717) is 12.1 Å². The van der Waals surface area contributed by atoms with Crippen LogP contribution in [0.1, 0.15) is 52.9 Å². The van der Waals surface area contributed by atoms with Gasteiger partial charge in [-0.05, 0) is 48.9 Å². The smallest absolute Gasteiger partial charge is 0.311 e. The van der Waals surface area contributed by atoms with Crippen molar-refractivity contribution in [3.05, 3.63) is 70.8 Å². The summed E-state index contributed by atoms with van der Waals surface area (Å²) in [7, 11) is 0. The largest absolute Gasteiger partial charge is 0.457 e. The number of Topliss-reactive ketones (excluding diaryl/α,β-unsaturated/α-hetero) is 1. The third-order valence-electron chi connectivity index (χ3n) is 6.01. The molecule has 1 aliphatic heterocycles. The van der Waals surface area contributed by atoms with Crippen molar-refractivity contribution in [1.29, 1.82) is 0 Å². The molecule has 1 aliphatic carbocycles. The van der Waals surface area contributed by atoms with E-state index in [0.717, 1.165) is 24.8 Å². The predicted molar refractivity (Wildman–Crippen MR) is 108 cm³/mol. The second kappa shape index (κ2) is 8.19. The SMILES string of the molecule is C[C@@H](c1ccccc1)N1C[C@@H](C(=O)OCC(=O)c2ccc3c(c2)CCC3)CC1=O. The van der Waals surface area contributed by atoms with Crippen LogP contribution in [0, 0.1) is 5.92 Å². The number of fused-ring (bicyclic) bond motifs is 1. The summed E-state index contributed by atoms with van der Waals surface area (Å²) in [4.78, 5) is 39.0. The molecule has 1 amide bonds. The number of carbonyl (C=O) groups excluding carboxylic acids is 3. The Labute approximate surface area is 170 Å². The van der Waals surface area contributed by atoms with E-state index < -0.39 is 11.9 Å². The Morgan fingerprint density at radius 3 is 2.66 bits per heavy atom. The molecule has 5 nitrogen and oxygen atoms in total. The van der Waals surface area contributed by atoms with Gasteiger partial charge in [0.2, 0.25) is 5.91 Å². The van der Waals surface area contributed by atoms with Gasteiger partial charge >= 0.3 is 5.97 Å². The molecule has 0 saturated carbocycles. The second-order valence-electron chi connectivity index (χ2n) is 7.90. The van der Waals surface area contributed by atoms with E-state index in [9.17, 15) is 14.4 Å². The van der Waals surface area contributed by atoms with Crippen LogP contribution in [0.15, 0.2) is 48.5 Å². The minimum atomic E-state index is -0.526. The van der Waals surface area contributed by atoms with Gasteiger partial charge in [-0.2, -0.15) is 0 Å². The molecule has 0 radical (unpaired) electrons. The zero-order valence-corrected chi connectivity index (χ0v) is 16.6. The van der Waals surface area contributed by atoms with Crippen molar-refractivity contribution >= 4 is 17.7 Å². The Hall–Kier alpha value is -2.95. The fourth-order valence-electron chi connectivity index (χ4n) is 4.26. The zero-order valence-electron chi connectivity index (χ0n) is 16.6. The number of carbonyl (C=O) groups is 3. The van der Waals surface area contributed by atoms with E-state index in [1.54, 1.807) is 4.90 Å². The highest BCUT2D eigenvalue weighted by atomic mass is 16.5. The molecule has 2 aromatic carbocycles. The molecule has 2 aliphatic rings. The molecule has 150 valence electrons. The number of aryl methyl sites for hydroxylation is 2. The molecule has 0 unspecified atom stereocenters. The van der Waals surface area contributed by atoms with Crippen LogP contribution in [0.5, 0.6) is 0 Å². The first kappa shape index (κ1) is 19.4. The zero-order chi connectivity index (χ0) is 20.4. The summed E-state index contributed by atoms with van der Waals surface area (Å²) in [6.45, 7) is 2.00. The van der Waals surface area contributed by atoms with E-state index in [4.69, 9.17) is 4.74 Å². The van der Waals surface area contributed by atoms with Crippen molar-refractivity contribution in [1.82, 2.24) is 4.90 Å². The summed E-state index contributed by atoms with van der Waals surface area (Å²) in [6.07, 6.45) is 3.31. The molecule has 2 aromatic rings. The lowest BCUT2D eigenvalue weighted by molar-refractivity contribution is -0.147. The van der Waals surface area contributed by atoms with Crippen molar-refractivity contribution in [2.45, 2.75) is 38.6 Å². The minimum absolute atomic E-state index is 0.0618. The minimum Gasteiger partial charge on any atom is -0.457 e. The number of rotatable bonds is 6. The quantitative estimate of drug-likeness (QED) is 0.558. The van der Waals surface area contributed by atoms with E-state index in [-0.39, 0.29) is 30.8 Å². The summed E-state index contributed by atoms with van der Waals surface area (Å²) in [5.41, 5.74) is 4.13. The molecule has 1 saturated heterocycles. The van der Waals surface area contributed by atoms with E-state index in [2.05, 4.69) is 0 Å². The van der Waals surface area contributed by atoms with Crippen LogP contribution in [0.3, 0.4) is 0 Å². The maximum absolute atomic E-state index is 12.5. The molecule has 1 fully saturated rings. The van der Waals surface area contributed by atoms with Crippen LogP contribution >= 0.6 is 0 Å². The first-order chi connectivity index (χ1) is 14.0. The lowest BCUT2D eigenvalue weighted by Gasteiger charge is -2.25.